The number of aliphatic hydroxyl groups is 1. The maximum Gasteiger partial charge on any atom is 0.307 e. The summed E-state index contributed by atoms with van der Waals surface area (Å²) >= 11 is 0. The van der Waals surface area contributed by atoms with Crippen LogP contribution in [0.25, 0.3) is 0 Å². The van der Waals surface area contributed by atoms with E-state index in [1.807, 2.05) is 0 Å². The van der Waals surface area contributed by atoms with E-state index in [0.29, 0.717) is 19.4 Å². The Kier molecular flexibility index (Phi) is 12.2. The number of hydrogen-bond acceptors (Lipinski definition) is 5. The highest BCUT2D eigenvalue weighted by Crippen LogP contribution is 2.31. The molecule has 1 atom stereocenters. The second-order valence-corrected chi connectivity index (χ2v) is 7.87. The van der Waals surface area contributed by atoms with Crippen molar-refractivity contribution in [2.75, 3.05) is 13.2 Å². The van der Waals surface area contributed by atoms with Crippen LogP contribution in [-0.2, 0) is 19.2 Å². The van der Waals surface area contributed by atoms with Gasteiger partial charge in [-0.15, -0.1) is 0 Å². The van der Waals surface area contributed by atoms with Crippen molar-refractivity contribution in [1.29, 1.82) is 0 Å². The molecule has 2 amide bonds. The van der Waals surface area contributed by atoms with Gasteiger partial charge in [-0.05, 0) is 31.6 Å². The molecule has 1 unspecified atom stereocenters. The van der Waals surface area contributed by atoms with Crippen molar-refractivity contribution in [3.63, 3.8) is 0 Å². The summed E-state index contributed by atoms with van der Waals surface area (Å²) in [6, 6.07) is 0. The average molecular weight is 414 g/mol. The quantitative estimate of drug-likeness (QED) is 0.350. The largest absolute Gasteiger partial charge is 0.481 e. The minimum absolute atomic E-state index is 0.0182. The zero-order chi connectivity index (χ0) is 21.6. The molecule has 0 aromatic rings. The molecule has 0 aromatic carbocycles. The molecule has 0 radical (unpaired) electrons. The summed E-state index contributed by atoms with van der Waals surface area (Å²) in [5, 5.41) is 26.1. The summed E-state index contributed by atoms with van der Waals surface area (Å²) < 4.78 is 0. The fourth-order valence-corrected chi connectivity index (χ4v) is 3.96. The molecule has 1 aliphatic heterocycles. The minimum atomic E-state index is -1.01. The Morgan fingerprint density at radius 2 is 1.45 bits per heavy atom. The molecule has 1 saturated heterocycles. The number of likely N-dealkylation sites (tertiary alicyclic amines) is 1. The zero-order valence-electron chi connectivity index (χ0n) is 17.2. The predicted molar refractivity (Wildman–Crippen MR) is 106 cm³/mol. The van der Waals surface area contributed by atoms with E-state index in [2.05, 4.69) is 0 Å². The highest BCUT2D eigenvalue weighted by Gasteiger charge is 2.31. The number of imide groups is 1. The number of carboxylic acids is 2. The van der Waals surface area contributed by atoms with Gasteiger partial charge in [-0.2, -0.15) is 0 Å². The van der Waals surface area contributed by atoms with Gasteiger partial charge in [-0.25, -0.2) is 0 Å². The van der Waals surface area contributed by atoms with Crippen LogP contribution in [0.4, 0.5) is 0 Å². The molecule has 2 aliphatic rings. The Hall–Kier alpha value is -1.96. The molecular formula is C21H35NO7. The van der Waals surface area contributed by atoms with Crippen molar-refractivity contribution in [3.8, 4) is 0 Å². The summed E-state index contributed by atoms with van der Waals surface area (Å²) in [5.41, 5.74) is 0. The maximum atomic E-state index is 11.2. The van der Waals surface area contributed by atoms with E-state index in [1.54, 1.807) is 0 Å². The summed E-state index contributed by atoms with van der Waals surface area (Å²) in [4.78, 5) is 45.2. The molecule has 0 aromatic heterocycles. The van der Waals surface area contributed by atoms with Gasteiger partial charge in [0.25, 0.3) is 0 Å². The lowest BCUT2D eigenvalue weighted by Crippen LogP contribution is -2.29. The highest BCUT2D eigenvalue weighted by molar-refractivity contribution is 6.01. The molecule has 2 rings (SSSR count). The number of aliphatic hydroxyl groups excluding tert-OH is 1. The SMILES string of the molecule is O=C(O)CC(C(=O)O)C1CCCCC1.O=C1CCC(=O)N1CCCCCCCO. The van der Waals surface area contributed by atoms with Gasteiger partial charge >= 0.3 is 11.9 Å². The van der Waals surface area contributed by atoms with Crippen molar-refractivity contribution in [1.82, 2.24) is 4.90 Å². The molecule has 3 N–H and O–H groups in total. The molecule has 8 heteroatoms. The second-order valence-electron chi connectivity index (χ2n) is 7.87. The highest BCUT2D eigenvalue weighted by atomic mass is 16.4. The topological polar surface area (TPSA) is 132 Å². The first-order chi connectivity index (χ1) is 13.9. The van der Waals surface area contributed by atoms with Gasteiger partial charge in [-0.3, -0.25) is 24.1 Å². The van der Waals surface area contributed by atoms with E-state index in [-0.39, 0.29) is 30.8 Å². The zero-order valence-corrected chi connectivity index (χ0v) is 17.2. The molecule has 1 aliphatic carbocycles. The van der Waals surface area contributed by atoms with Gasteiger partial charge in [-0.1, -0.05) is 38.5 Å². The number of aliphatic carboxylic acids is 2. The van der Waals surface area contributed by atoms with Gasteiger partial charge in [0.1, 0.15) is 0 Å². The minimum Gasteiger partial charge on any atom is -0.481 e. The summed E-state index contributed by atoms with van der Waals surface area (Å²) in [6.45, 7) is 0.833. The van der Waals surface area contributed by atoms with Crippen LogP contribution in [0, 0.1) is 11.8 Å². The van der Waals surface area contributed by atoms with E-state index in [4.69, 9.17) is 15.3 Å². The lowest BCUT2D eigenvalue weighted by atomic mass is 9.78. The Morgan fingerprint density at radius 1 is 0.897 bits per heavy atom. The van der Waals surface area contributed by atoms with E-state index < -0.39 is 17.9 Å². The molecule has 2 fully saturated rings. The van der Waals surface area contributed by atoms with Crippen molar-refractivity contribution in [3.05, 3.63) is 0 Å². The summed E-state index contributed by atoms with van der Waals surface area (Å²) in [6.07, 6.45) is 10.4. The number of nitrogens with zero attached hydrogens (tertiary/aromatic N) is 1. The van der Waals surface area contributed by atoms with E-state index in [9.17, 15) is 19.2 Å². The van der Waals surface area contributed by atoms with Crippen LogP contribution in [0.1, 0.15) is 83.5 Å². The van der Waals surface area contributed by atoms with Crippen molar-refractivity contribution < 1.29 is 34.5 Å². The fourth-order valence-electron chi connectivity index (χ4n) is 3.96. The number of amides is 2. The van der Waals surface area contributed by atoms with Crippen LogP contribution in [0.5, 0.6) is 0 Å². The van der Waals surface area contributed by atoms with E-state index >= 15 is 0 Å². The second kappa shape index (κ2) is 14.1. The average Bonchev–Trinajstić information content (AvgIpc) is 3.01. The van der Waals surface area contributed by atoms with Gasteiger partial charge in [0.15, 0.2) is 0 Å². The monoisotopic (exact) mass is 413 g/mol. The van der Waals surface area contributed by atoms with Gasteiger partial charge in [0.2, 0.25) is 11.8 Å². The first-order valence-electron chi connectivity index (χ1n) is 10.8. The van der Waals surface area contributed by atoms with E-state index in [1.165, 1.54) is 4.90 Å². The standard InChI is InChI=1S/C11H19NO3.C10H16O4/c13-9-5-3-1-2-4-8-12-10(14)6-7-11(12)15;11-9(12)6-8(10(13)14)7-4-2-1-3-5-7/h13H,1-9H2;7-8H,1-6H2,(H,11,12)(H,13,14). The third-order valence-corrected chi connectivity index (χ3v) is 5.63. The number of carbonyl (C=O) groups is 4. The molecule has 29 heavy (non-hydrogen) atoms. The Balaban J connectivity index is 0.000000291. The van der Waals surface area contributed by atoms with Crippen molar-refractivity contribution >= 4 is 23.8 Å². The maximum absolute atomic E-state index is 11.2. The first-order valence-corrected chi connectivity index (χ1v) is 10.8. The van der Waals surface area contributed by atoms with Crippen LogP contribution in [0.2, 0.25) is 0 Å². The smallest absolute Gasteiger partial charge is 0.307 e. The molecule has 0 spiro atoms. The number of carboxylic acid groups (broad SMARTS) is 2. The summed E-state index contributed by atoms with van der Waals surface area (Å²) in [7, 11) is 0. The van der Waals surface area contributed by atoms with Gasteiger partial charge < -0.3 is 15.3 Å². The summed E-state index contributed by atoms with van der Waals surface area (Å²) in [5.74, 6) is -2.63. The lowest BCUT2D eigenvalue weighted by molar-refractivity contribution is -0.150. The van der Waals surface area contributed by atoms with Crippen LogP contribution < -0.4 is 0 Å². The van der Waals surface area contributed by atoms with Crippen molar-refractivity contribution in [2.45, 2.75) is 83.5 Å². The normalized spacial score (nSPS) is 18.3. The molecule has 0 bridgehead atoms. The molecule has 166 valence electrons. The Labute approximate surface area is 172 Å². The Bertz CT molecular complexity index is 527. The number of rotatable bonds is 11. The van der Waals surface area contributed by atoms with Crippen LogP contribution in [0.15, 0.2) is 0 Å². The van der Waals surface area contributed by atoms with Crippen LogP contribution >= 0.6 is 0 Å². The molecule has 1 heterocycles. The van der Waals surface area contributed by atoms with E-state index in [0.717, 1.165) is 64.2 Å². The Morgan fingerprint density at radius 3 is 1.97 bits per heavy atom. The third-order valence-electron chi connectivity index (χ3n) is 5.63. The third kappa shape index (κ3) is 9.87. The molecule has 1 saturated carbocycles. The van der Waals surface area contributed by atoms with Gasteiger partial charge in [0.05, 0.1) is 12.3 Å². The number of unbranched alkanes of at least 4 members (excludes halogenated alkanes) is 4. The van der Waals surface area contributed by atoms with Crippen LogP contribution in [-0.4, -0.2) is 57.1 Å². The van der Waals surface area contributed by atoms with Crippen molar-refractivity contribution in [2.24, 2.45) is 11.8 Å². The number of carbonyl (C=O) groups excluding carboxylic acids is 2. The molecular weight excluding hydrogens is 378 g/mol. The molecule has 8 nitrogen and oxygen atoms in total. The first kappa shape index (κ1) is 25.1. The lowest BCUT2D eigenvalue weighted by Gasteiger charge is -2.26. The van der Waals surface area contributed by atoms with Crippen LogP contribution in [0.3, 0.4) is 0 Å². The predicted octanol–water partition coefficient (Wildman–Crippen LogP) is 2.82. The fraction of sp³-hybridized carbons (Fsp3) is 0.810. The number of hydrogen-bond donors (Lipinski definition) is 3. The van der Waals surface area contributed by atoms with Gasteiger partial charge in [0, 0.05) is 26.0 Å².